The van der Waals surface area contributed by atoms with Crippen LogP contribution >= 0.6 is 0 Å². The number of likely N-dealkylation sites (tertiary alicyclic amines) is 1. The SMILES string of the molecule is C=CC(=O)N1C[C@H](C)CC[C@H](C)C1.N/C(=C\c1cc[nH]c1N)c1ccccc1O. The first kappa shape index (κ1) is 22.1. The number of phenols is 1. The van der Waals surface area contributed by atoms with E-state index in [0.29, 0.717) is 28.9 Å². The molecule has 1 saturated heterocycles. The molecular formula is C23H32N4O2. The van der Waals surface area contributed by atoms with Crippen molar-refractivity contribution in [3.8, 4) is 5.75 Å². The van der Waals surface area contributed by atoms with E-state index in [1.807, 2.05) is 17.0 Å². The second kappa shape index (κ2) is 10.4. The van der Waals surface area contributed by atoms with E-state index in [4.69, 9.17) is 11.5 Å². The number of carbonyl (C=O) groups is 1. The molecule has 3 rings (SSSR count). The minimum absolute atomic E-state index is 0.0839. The predicted molar refractivity (Wildman–Crippen MR) is 120 cm³/mol. The first-order valence-corrected chi connectivity index (χ1v) is 9.91. The molecule has 1 aliphatic rings. The number of benzene rings is 1. The summed E-state index contributed by atoms with van der Waals surface area (Å²) in [5, 5.41) is 9.62. The van der Waals surface area contributed by atoms with Gasteiger partial charge >= 0.3 is 0 Å². The standard InChI is InChI=1S/C12H13N3O.C11H19NO/c13-10(7-8-5-6-15-12(8)14)9-3-1-2-4-11(9)16;1-4-11(13)12-7-9(2)5-6-10(3)8-12/h1-7,15-16H,13-14H2;4,9-10H,1,5-8H2,2-3H3/b10-7-;/t;9-,10+. The van der Waals surface area contributed by atoms with E-state index in [1.54, 1.807) is 30.5 Å². The Morgan fingerprint density at radius 3 is 2.34 bits per heavy atom. The molecule has 0 radical (unpaired) electrons. The Balaban J connectivity index is 0.000000212. The van der Waals surface area contributed by atoms with Crippen LogP contribution in [0.25, 0.3) is 11.8 Å². The Kier molecular flexibility index (Phi) is 7.95. The summed E-state index contributed by atoms with van der Waals surface area (Å²) in [6.45, 7) is 9.74. The molecular weight excluding hydrogens is 364 g/mol. The number of aromatic amines is 1. The Labute approximate surface area is 172 Å². The van der Waals surface area contributed by atoms with E-state index in [9.17, 15) is 9.90 Å². The number of anilines is 1. The van der Waals surface area contributed by atoms with E-state index in [0.717, 1.165) is 18.7 Å². The lowest BCUT2D eigenvalue weighted by atomic mass is 10.0. The van der Waals surface area contributed by atoms with E-state index in [-0.39, 0.29) is 11.7 Å². The van der Waals surface area contributed by atoms with Crippen LogP contribution in [0.2, 0.25) is 0 Å². The quantitative estimate of drug-likeness (QED) is 0.591. The van der Waals surface area contributed by atoms with Crippen LogP contribution in [0.1, 0.15) is 37.8 Å². The molecule has 2 heterocycles. The molecule has 2 aromatic rings. The maximum absolute atomic E-state index is 11.4. The van der Waals surface area contributed by atoms with Crippen molar-refractivity contribution in [2.75, 3.05) is 18.8 Å². The summed E-state index contributed by atoms with van der Waals surface area (Å²) in [7, 11) is 0. The number of aromatic hydroxyl groups is 1. The zero-order chi connectivity index (χ0) is 21.4. The van der Waals surface area contributed by atoms with Crippen LogP contribution < -0.4 is 11.5 Å². The lowest BCUT2D eigenvalue weighted by Gasteiger charge is -2.22. The molecule has 1 aromatic carbocycles. The number of H-pyrrole nitrogens is 1. The highest BCUT2D eigenvalue weighted by Gasteiger charge is 2.21. The molecule has 0 unspecified atom stereocenters. The Morgan fingerprint density at radius 1 is 1.21 bits per heavy atom. The van der Waals surface area contributed by atoms with Crippen LogP contribution in [-0.4, -0.2) is 34.0 Å². The van der Waals surface area contributed by atoms with Crippen molar-refractivity contribution in [3.05, 3.63) is 60.3 Å². The molecule has 0 spiro atoms. The van der Waals surface area contributed by atoms with Gasteiger partial charge < -0.3 is 26.5 Å². The number of nitrogens with zero attached hydrogens (tertiary/aromatic N) is 1. The number of para-hydroxylation sites is 1. The monoisotopic (exact) mass is 396 g/mol. The van der Waals surface area contributed by atoms with Gasteiger partial charge in [-0.2, -0.15) is 0 Å². The van der Waals surface area contributed by atoms with Gasteiger partial charge in [-0.15, -0.1) is 0 Å². The van der Waals surface area contributed by atoms with E-state index >= 15 is 0 Å². The van der Waals surface area contributed by atoms with Crippen LogP contribution in [-0.2, 0) is 4.79 Å². The van der Waals surface area contributed by atoms with Crippen molar-refractivity contribution in [1.29, 1.82) is 0 Å². The number of rotatable bonds is 3. The molecule has 29 heavy (non-hydrogen) atoms. The highest BCUT2D eigenvalue weighted by molar-refractivity contribution is 5.87. The van der Waals surface area contributed by atoms with Crippen LogP contribution in [0, 0.1) is 11.8 Å². The van der Waals surface area contributed by atoms with Crippen LogP contribution in [0.5, 0.6) is 5.75 Å². The second-order valence-corrected chi connectivity index (χ2v) is 7.70. The number of phenolic OH excluding ortho intramolecular Hbond substituents is 1. The van der Waals surface area contributed by atoms with Gasteiger partial charge in [0.25, 0.3) is 0 Å². The molecule has 1 amide bonds. The first-order chi connectivity index (χ1) is 13.8. The van der Waals surface area contributed by atoms with Crippen LogP contribution in [0.3, 0.4) is 0 Å². The lowest BCUT2D eigenvalue weighted by Crippen LogP contribution is -2.34. The number of hydrogen-bond donors (Lipinski definition) is 4. The van der Waals surface area contributed by atoms with Crippen molar-refractivity contribution >= 4 is 23.5 Å². The van der Waals surface area contributed by atoms with Gasteiger partial charge in [-0.3, -0.25) is 4.79 Å². The average molecular weight is 397 g/mol. The normalized spacial score (nSPS) is 19.7. The van der Waals surface area contributed by atoms with E-state index < -0.39 is 0 Å². The highest BCUT2D eigenvalue weighted by atomic mass is 16.3. The second-order valence-electron chi connectivity index (χ2n) is 7.70. The molecule has 1 aliphatic heterocycles. The third-order valence-corrected chi connectivity index (χ3v) is 5.04. The molecule has 0 saturated carbocycles. The van der Waals surface area contributed by atoms with Gasteiger partial charge in [-0.1, -0.05) is 32.6 Å². The Bertz CT molecular complexity index is 844. The summed E-state index contributed by atoms with van der Waals surface area (Å²) in [6, 6.07) is 8.73. The van der Waals surface area contributed by atoms with Gasteiger partial charge in [0.2, 0.25) is 5.91 Å². The number of aromatic nitrogens is 1. The van der Waals surface area contributed by atoms with Crippen molar-refractivity contribution in [3.63, 3.8) is 0 Å². The number of amides is 1. The number of nitrogens with two attached hydrogens (primary N) is 2. The summed E-state index contributed by atoms with van der Waals surface area (Å²) in [5.74, 6) is 2.06. The van der Waals surface area contributed by atoms with Crippen molar-refractivity contribution < 1.29 is 9.90 Å². The van der Waals surface area contributed by atoms with Crippen LogP contribution in [0.4, 0.5) is 5.82 Å². The van der Waals surface area contributed by atoms with Gasteiger partial charge in [-0.05, 0) is 55.0 Å². The average Bonchev–Trinajstić information content (AvgIpc) is 3.01. The topological polar surface area (TPSA) is 108 Å². The molecule has 1 fully saturated rings. The molecule has 2 atom stereocenters. The van der Waals surface area contributed by atoms with Crippen molar-refractivity contribution in [2.45, 2.75) is 26.7 Å². The molecule has 0 aliphatic carbocycles. The van der Waals surface area contributed by atoms with Gasteiger partial charge in [0.1, 0.15) is 11.6 Å². The summed E-state index contributed by atoms with van der Waals surface area (Å²) >= 11 is 0. The Morgan fingerprint density at radius 2 is 1.83 bits per heavy atom. The molecule has 1 aromatic heterocycles. The third kappa shape index (κ3) is 6.45. The van der Waals surface area contributed by atoms with Gasteiger partial charge in [0.05, 0.1) is 0 Å². The maximum Gasteiger partial charge on any atom is 0.245 e. The molecule has 6 N–H and O–H groups in total. The molecule has 0 bridgehead atoms. The van der Waals surface area contributed by atoms with Crippen molar-refractivity contribution in [2.24, 2.45) is 17.6 Å². The largest absolute Gasteiger partial charge is 0.507 e. The number of nitrogens with one attached hydrogen (secondary N) is 1. The minimum atomic E-state index is 0.0839. The molecule has 6 heteroatoms. The minimum Gasteiger partial charge on any atom is -0.507 e. The van der Waals surface area contributed by atoms with Crippen molar-refractivity contribution in [1.82, 2.24) is 9.88 Å². The summed E-state index contributed by atoms with van der Waals surface area (Å²) in [4.78, 5) is 16.2. The number of carbonyl (C=O) groups excluding carboxylic acids is 1. The lowest BCUT2D eigenvalue weighted by molar-refractivity contribution is -0.126. The molecule has 156 valence electrons. The Hall–Kier alpha value is -3.15. The maximum atomic E-state index is 11.4. The zero-order valence-electron chi connectivity index (χ0n) is 17.3. The van der Waals surface area contributed by atoms with Gasteiger partial charge in [0.15, 0.2) is 0 Å². The number of hydrogen-bond acceptors (Lipinski definition) is 4. The van der Waals surface area contributed by atoms with E-state index in [2.05, 4.69) is 25.4 Å². The fourth-order valence-corrected chi connectivity index (χ4v) is 3.37. The first-order valence-electron chi connectivity index (χ1n) is 9.91. The zero-order valence-corrected chi connectivity index (χ0v) is 17.3. The summed E-state index contributed by atoms with van der Waals surface area (Å²) < 4.78 is 0. The van der Waals surface area contributed by atoms with Gasteiger partial charge in [0, 0.05) is 36.1 Å². The summed E-state index contributed by atoms with van der Waals surface area (Å²) in [5.41, 5.74) is 13.5. The third-order valence-electron chi connectivity index (χ3n) is 5.04. The fraction of sp³-hybridized carbons (Fsp3) is 0.348. The number of nitrogen functional groups attached to an aromatic ring is 1. The smallest absolute Gasteiger partial charge is 0.245 e. The highest BCUT2D eigenvalue weighted by Crippen LogP contribution is 2.24. The van der Waals surface area contributed by atoms with Crippen LogP contribution in [0.15, 0.2) is 49.2 Å². The molecule has 6 nitrogen and oxygen atoms in total. The van der Waals surface area contributed by atoms with E-state index in [1.165, 1.54) is 18.9 Å². The van der Waals surface area contributed by atoms with Gasteiger partial charge in [-0.25, -0.2) is 0 Å². The predicted octanol–water partition coefficient (Wildman–Crippen LogP) is 3.83. The fourth-order valence-electron chi connectivity index (χ4n) is 3.37. The summed E-state index contributed by atoms with van der Waals surface area (Å²) in [6.07, 6.45) is 7.36.